The molecule has 0 atom stereocenters. The van der Waals surface area contributed by atoms with Crippen molar-refractivity contribution in [3.8, 4) is 0 Å². The third-order valence-corrected chi connectivity index (χ3v) is 2.97. The number of nitrogens with zero attached hydrogens (tertiary/aromatic N) is 2. The van der Waals surface area contributed by atoms with Gasteiger partial charge in [0.1, 0.15) is 0 Å². The van der Waals surface area contributed by atoms with Gasteiger partial charge in [0.2, 0.25) is 0 Å². The first-order valence-corrected chi connectivity index (χ1v) is 6.09. The number of anilines is 2. The van der Waals surface area contributed by atoms with Crippen LogP contribution in [0.25, 0.3) is 10.9 Å². The Morgan fingerprint density at radius 1 is 1.00 bits per heavy atom. The van der Waals surface area contributed by atoms with E-state index in [-0.39, 0.29) is 5.69 Å². The summed E-state index contributed by atoms with van der Waals surface area (Å²) >= 11 is 0. The van der Waals surface area contributed by atoms with Gasteiger partial charge in [-0.25, -0.2) is 0 Å². The van der Waals surface area contributed by atoms with Crippen LogP contribution in [0.5, 0.6) is 0 Å². The molecule has 0 spiro atoms. The smallest absolute Gasteiger partial charge is 0.269 e. The predicted molar refractivity (Wildman–Crippen MR) is 78.1 cm³/mol. The average molecular weight is 265 g/mol. The molecule has 0 aliphatic carbocycles. The van der Waals surface area contributed by atoms with Crippen molar-refractivity contribution in [3.63, 3.8) is 0 Å². The number of benzene rings is 2. The Hall–Kier alpha value is -2.95. The summed E-state index contributed by atoms with van der Waals surface area (Å²) in [5.74, 6) is 0. The molecule has 2 aromatic carbocycles. The van der Waals surface area contributed by atoms with Crippen LogP contribution in [0.3, 0.4) is 0 Å². The Bertz CT molecular complexity index is 769. The van der Waals surface area contributed by atoms with E-state index in [1.165, 1.54) is 12.1 Å². The van der Waals surface area contributed by atoms with E-state index in [4.69, 9.17) is 0 Å². The van der Waals surface area contributed by atoms with Gasteiger partial charge in [0, 0.05) is 35.1 Å². The molecule has 1 aromatic heterocycles. The van der Waals surface area contributed by atoms with E-state index in [1.54, 1.807) is 18.3 Å². The van der Waals surface area contributed by atoms with Crippen molar-refractivity contribution in [1.82, 2.24) is 4.98 Å². The Kier molecular flexibility index (Phi) is 3.01. The van der Waals surface area contributed by atoms with Crippen molar-refractivity contribution in [2.45, 2.75) is 0 Å². The highest BCUT2D eigenvalue weighted by atomic mass is 16.6. The van der Waals surface area contributed by atoms with Gasteiger partial charge in [0.25, 0.3) is 5.69 Å². The van der Waals surface area contributed by atoms with Crippen molar-refractivity contribution in [2.24, 2.45) is 0 Å². The first kappa shape index (κ1) is 12.1. The second-order valence-corrected chi connectivity index (χ2v) is 4.34. The predicted octanol–water partition coefficient (Wildman–Crippen LogP) is 3.89. The molecule has 3 aromatic rings. The third-order valence-electron chi connectivity index (χ3n) is 2.97. The van der Waals surface area contributed by atoms with E-state index in [0.29, 0.717) is 0 Å². The summed E-state index contributed by atoms with van der Waals surface area (Å²) in [6.07, 6.45) is 1.76. The quantitative estimate of drug-likeness (QED) is 0.576. The lowest BCUT2D eigenvalue weighted by Gasteiger charge is -2.07. The molecule has 3 rings (SSSR count). The minimum atomic E-state index is -0.411. The van der Waals surface area contributed by atoms with Crippen LogP contribution in [0, 0.1) is 10.1 Å². The minimum Gasteiger partial charge on any atom is -0.356 e. The van der Waals surface area contributed by atoms with Gasteiger partial charge in [-0.15, -0.1) is 0 Å². The fourth-order valence-electron chi connectivity index (χ4n) is 1.99. The number of fused-ring (bicyclic) bond motifs is 1. The fourth-order valence-corrected chi connectivity index (χ4v) is 1.99. The van der Waals surface area contributed by atoms with Crippen LogP contribution in [0.2, 0.25) is 0 Å². The van der Waals surface area contributed by atoms with Gasteiger partial charge in [0.15, 0.2) is 0 Å². The molecule has 0 amide bonds. The Labute approximate surface area is 115 Å². The summed E-state index contributed by atoms with van der Waals surface area (Å²) in [4.78, 5) is 14.4. The third kappa shape index (κ3) is 2.42. The van der Waals surface area contributed by atoms with Gasteiger partial charge in [-0.3, -0.25) is 15.1 Å². The van der Waals surface area contributed by atoms with E-state index < -0.39 is 4.92 Å². The van der Waals surface area contributed by atoms with Crippen LogP contribution in [0.15, 0.2) is 60.8 Å². The molecule has 0 radical (unpaired) electrons. The van der Waals surface area contributed by atoms with Gasteiger partial charge in [-0.05, 0) is 36.4 Å². The number of aromatic nitrogens is 1. The summed E-state index contributed by atoms with van der Waals surface area (Å²) in [5.41, 5.74) is 2.73. The highest BCUT2D eigenvalue weighted by molar-refractivity contribution is 5.83. The summed E-state index contributed by atoms with van der Waals surface area (Å²) in [6.45, 7) is 0. The molecule has 20 heavy (non-hydrogen) atoms. The summed E-state index contributed by atoms with van der Waals surface area (Å²) in [6, 6.07) is 16.1. The Morgan fingerprint density at radius 3 is 2.50 bits per heavy atom. The maximum absolute atomic E-state index is 10.6. The highest BCUT2D eigenvalue weighted by Crippen LogP contribution is 2.22. The molecule has 98 valence electrons. The van der Waals surface area contributed by atoms with Crippen molar-refractivity contribution >= 4 is 28.0 Å². The van der Waals surface area contributed by atoms with E-state index in [1.807, 2.05) is 30.3 Å². The zero-order valence-corrected chi connectivity index (χ0v) is 10.5. The molecule has 0 saturated heterocycles. The molecular weight excluding hydrogens is 254 g/mol. The molecule has 0 bridgehead atoms. The summed E-state index contributed by atoms with van der Waals surface area (Å²) < 4.78 is 0. The molecule has 1 N–H and O–H groups in total. The molecule has 0 saturated carbocycles. The lowest BCUT2D eigenvalue weighted by Crippen LogP contribution is -1.92. The van der Waals surface area contributed by atoms with Crippen LogP contribution < -0.4 is 5.32 Å². The normalized spacial score (nSPS) is 10.4. The molecule has 0 aliphatic heterocycles. The van der Waals surface area contributed by atoms with Crippen molar-refractivity contribution in [3.05, 3.63) is 70.9 Å². The van der Waals surface area contributed by atoms with E-state index in [9.17, 15) is 10.1 Å². The number of nitro groups is 1. The number of nitro benzene ring substituents is 1. The Balaban J connectivity index is 1.87. The first-order valence-electron chi connectivity index (χ1n) is 6.09. The number of hydrogen-bond donors (Lipinski definition) is 1. The number of pyridine rings is 1. The van der Waals surface area contributed by atoms with Crippen LogP contribution >= 0.6 is 0 Å². The largest absolute Gasteiger partial charge is 0.356 e. The number of nitrogens with one attached hydrogen (secondary N) is 1. The van der Waals surface area contributed by atoms with Gasteiger partial charge in [-0.2, -0.15) is 0 Å². The van der Waals surface area contributed by atoms with Crippen molar-refractivity contribution in [2.75, 3.05) is 5.32 Å². The van der Waals surface area contributed by atoms with E-state index in [2.05, 4.69) is 10.3 Å². The van der Waals surface area contributed by atoms with E-state index >= 15 is 0 Å². The van der Waals surface area contributed by atoms with Crippen LogP contribution in [0.1, 0.15) is 0 Å². The van der Waals surface area contributed by atoms with Gasteiger partial charge >= 0.3 is 0 Å². The molecule has 1 heterocycles. The lowest BCUT2D eigenvalue weighted by molar-refractivity contribution is -0.384. The fraction of sp³-hybridized carbons (Fsp3) is 0. The minimum absolute atomic E-state index is 0.0817. The van der Waals surface area contributed by atoms with Gasteiger partial charge < -0.3 is 5.32 Å². The molecule has 0 unspecified atom stereocenters. The zero-order valence-electron chi connectivity index (χ0n) is 10.5. The standard InChI is InChI=1S/C15H11N3O2/c19-18(20)14-6-3-12(4-7-14)17-13-5-8-15-11(10-13)2-1-9-16-15/h1-10,17H. The second-order valence-electron chi connectivity index (χ2n) is 4.34. The molecule has 5 heteroatoms. The van der Waals surface area contributed by atoms with Gasteiger partial charge in [-0.1, -0.05) is 6.07 Å². The van der Waals surface area contributed by atoms with Crippen molar-refractivity contribution < 1.29 is 4.92 Å². The SMILES string of the molecule is O=[N+]([O-])c1ccc(Nc2ccc3ncccc3c2)cc1. The number of non-ortho nitro benzene ring substituents is 1. The monoisotopic (exact) mass is 265 g/mol. The first-order chi connectivity index (χ1) is 9.72. The van der Waals surface area contributed by atoms with Crippen LogP contribution in [0.4, 0.5) is 17.1 Å². The molecular formula is C15H11N3O2. The summed E-state index contributed by atoms with van der Waals surface area (Å²) in [7, 11) is 0. The van der Waals surface area contributed by atoms with E-state index in [0.717, 1.165) is 22.3 Å². The number of hydrogen-bond acceptors (Lipinski definition) is 4. The van der Waals surface area contributed by atoms with Crippen molar-refractivity contribution in [1.29, 1.82) is 0 Å². The van der Waals surface area contributed by atoms with Crippen LogP contribution in [-0.4, -0.2) is 9.91 Å². The maximum atomic E-state index is 10.6. The molecule has 0 aliphatic rings. The Morgan fingerprint density at radius 2 is 1.75 bits per heavy atom. The maximum Gasteiger partial charge on any atom is 0.269 e. The topological polar surface area (TPSA) is 68.1 Å². The average Bonchev–Trinajstić information content (AvgIpc) is 2.48. The zero-order chi connectivity index (χ0) is 13.9. The number of rotatable bonds is 3. The van der Waals surface area contributed by atoms with Crippen LogP contribution in [-0.2, 0) is 0 Å². The van der Waals surface area contributed by atoms with Gasteiger partial charge in [0.05, 0.1) is 10.4 Å². The molecule has 5 nitrogen and oxygen atoms in total. The highest BCUT2D eigenvalue weighted by Gasteiger charge is 2.04. The lowest BCUT2D eigenvalue weighted by atomic mass is 10.2. The summed E-state index contributed by atoms with van der Waals surface area (Å²) in [5, 5.41) is 14.8. The second kappa shape index (κ2) is 4.97. The molecule has 0 fully saturated rings.